The molecule has 0 radical (unpaired) electrons. The lowest BCUT2D eigenvalue weighted by Crippen LogP contribution is -2.14. The maximum atomic E-state index is 11.5. The van der Waals surface area contributed by atoms with E-state index in [9.17, 15) is 8.42 Å². The summed E-state index contributed by atoms with van der Waals surface area (Å²) in [5, 5.41) is 9.39. The normalized spacial score (nSPS) is 11.8. The van der Waals surface area contributed by atoms with Crippen LogP contribution in [0.3, 0.4) is 0 Å². The predicted octanol–water partition coefficient (Wildman–Crippen LogP) is 0.543. The number of aromatic nitrogens is 4. The van der Waals surface area contributed by atoms with Crippen LogP contribution in [0.5, 0.6) is 0 Å². The first-order valence-electron chi connectivity index (χ1n) is 5.62. The molecule has 0 spiro atoms. The highest BCUT2D eigenvalue weighted by Gasteiger charge is 2.22. The first-order chi connectivity index (χ1) is 8.70. The summed E-state index contributed by atoms with van der Waals surface area (Å²) < 4.78 is 24.6. The Bertz CT molecular complexity index is 728. The van der Waals surface area contributed by atoms with E-state index in [1.54, 1.807) is 26.8 Å². The maximum absolute atomic E-state index is 11.5. The van der Waals surface area contributed by atoms with E-state index in [0.29, 0.717) is 23.0 Å². The van der Waals surface area contributed by atoms with E-state index in [2.05, 4.69) is 15.1 Å². The van der Waals surface area contributed by atoms with Gasteiger partial charge in [-0.05, 0) is 27.7 Å². The Balaban J connectivity index is 2.72. The Kier molecular flexibility index (Phi) is 3.15. The molecule has 0 aliphatic heterocycles. The van der Waals surface area contributed by atoms with Crippen LogP contribution in [0.25, 0.3) is 5.82 Å². The third kappa shape index (κ3) is 2.49. The number of nitrogens with two attached hydrogens (primary N) is 1. The molecule has 0 aromatic carbocycles. The van der Waals surface area contributed by atoms with Gasteiger partial charge in [0.2, 0.25) is 10.0 Å². The monoisotopic (exact) mass is 281 g/mol. The van der Waals surface area contributed by atoms with Gasteiger partial charge in [0, 0.05) is 11.8 Å². The molecular weight excluding hydrogens is 266 g/mol. The number of hydrogen-bond acceptors (Lipinski definition) is 5. The quantitative estimate of drug-likeness (QED) is 0.865. The number of aryl methyl sites for hydroxylation is 3. The second-order valence-electron chi connectivity index (χ2n) is 4.37. The van der Waals surface area contributed by atoms with Crippen molar-refractivity contribution >= 4 is 10.0 Å². The molecule has 8 heteroatoms. The van der Waals surface area contributed by atoms with Crippen LogP contribution in [0.15, 0.2) is 11.0 Å². The fraction of sp³-hybridized carbons (Fsp3) is 0.364. The third-order valence-electron chi connectivity index (χ3n) is 2.68. The zero-order chi connectivity index (χ0) is 14.4. The maximum Gasteiger partial charge on any atom is 0.241 e. The van der Waals surface area contributed by atoms with Crippen molar-refractivity contribution in [2.24, 2.45) is 5.14 Å². The van der Waals surface area contributed by atoms with E-state index < -0.39 is 10.0 Å². The van der Waals surface area contributed by atoms with Crippen LogP contribution < -0.4 is 5.14 Å². The van der Waals surface area contributed by atoms with Crippen LogP contribution in [0.4, 0.5) is 0 Å². The van der Waals surface area contributed by atoms with Gasteiger partial charge in [-0.25, -0.2) is 28.2 Å². The van der Waals surface area contributed by atoms with Gasteiger partial charge in [0.25, 0.3) is 0 Å². The van der Waals surface area contributed by atoms with Crippen molar-refractivity contribution in [3.8, 4) is 5.82 Å². The minimum atomic E-state index is -3.80. The third-order valence-corrected chi connectivity index (χ3v) is 3.84. The zero-order valence-electron chi connectivity index (χ0n) is 11.2. The van der Waals surface area contributed by atoms with E-state index in [1.165, 1.54) is 4.68 Å². The van der Waals surface area contributed by atoms with Crippen molar-refractivity contribution in [1.29, 1.82) is 0 Å². The summed E-state index contributed by atoms with van der Waals surface area (Å²) >= 11 is 0. The number of sulfonamides is 1. The lowest BCUT2D eigenvalue weighted by molar-refractivity contribution is 0.596. The van der Waals surface area contributed by atoms with Gasteiger partial charge in [-0.15, -0.1) is 0 Å². The van der Waals surface area contributed by atoms with Crippen LogP contribution in [-0.4, -0.2) is 28.2 Å². The van der Waals surface area contributed by atoms with Crippen molar-refractivity contribution in [2.75, 3.05) is 0 Å². The molecule has 0 unspecified atom stereocenters. The van der Waals surface area contributed by atoms with E-state index in [4.69, 9.17) is 5.14 Å². The molecule has 2 aromatic rings. The Morgan fingerprint density at radius 1 is 1.16 bits per heavy atom. The summed E-state index contributed by atoms with van der Waals surface area (Å²) in [5.41, 5.74) is 1.58. The number of primary sulfonamides is 1. The molecule has 0 bridgehead atoms. The van der Waals surface area contributed by atoms with Crippen molar-refractivity contribution in [3.63, 3.8) is 0 Å². The van der Waals surface area contributed by atoms with Gasteiger partial charge in [-0.2, -0.15) is 5.10 Å². The van der Waals surface area contributed by atoms with Crippen LogP contribution in [-0.2, 0) is 10.0 Å². The van der Waals surface area contributed by atoms with E-state index in [-0.39, 0.29) is 4.90 Å². The Morgan fingerprint density at radius 3 is 2.26 bits per heavy atom. The number of nitrogens with zero attached hydrogens (tertiary/aromatic N) is 4. The van der Waals surface area contributed by atoms with Crippen LogP contribution in [0, 0.1) is 27.7 Å². The van der Waals surface area contributed by atoms with Gasteiger partial charge in [-0.1, -0.05) is 0 Å². The lowest BCUT2D eigenvalue weighted by Gasteiger charge is -2.05. The van der Waals surface area contributed by atoms with Crippen molar-refractivity contribution in [1.82, 2.24) is 19.7 Å². The molecule has 2 aromatic heterocycles. The molecule has 2 heterocycles. The van der Waals surface area contributed by atoms with Gasteiger partial charge in [0.15, 0.2) is 5.82 Å². The summed E-state index contributed by atoms with van der Waals surface area (Å²) in [6.45, 7) is 6.85. The molecule has 0 aliphatic carbocycles. The molecule has 2 rings (SSSR count). The molecule has 19 heavy (non-hydrogen) atoms. The van der Waals surface area contributed by atoms with Gasteiger partial charge < -0.3 is 0 Å². The topological polar surface area (TPSA) is 104 Å². The molecule has 0 aliphatic rings. The smallest absolute Gasteiger partial charge is 0.238 e. The molecule has 0 saturated heterocycles. The zero-order valence-corrected chi connectivity index (χ0v) is 12.0. The van der Waals surface area contributed by atoms with Crippen molar-refractivity contribution in [2.45, 2.75) is 32.6 Å². The first-order valence-corrected chi connectivity index (χ1v) is 7.16. The standard InChI is InChI=1S/C11H15N5O2S/c1-6-5-10(14-9(4)13-6)16-8(3)11(7(2)15-16)19(12,17)18/h5H,1-4H3,(H2,12,17,18). The SMILES string of the molecule is Cc1cc(-n2nc(C)c(S(N)(=O)=O)c2C)nc(C)n1. The lowest BCUT2D eigenvalue weighted by atomic mass is 10.4. The molecular formula is C11H15N5O2S. The van der Waals surface area contributed by atoms with Crippen LogP contribution >= 0.6 is 0 Å². The fourth-order valence-corrected chi connectivity index (χ4v) is 3.02. The Labute approximate surface area is 111 Å². The van der Waals surface area contributed by atoms with Gasteiger partial charge >= 0.3 is 0 Å². The van der Waals surface area contributed by atoms with Crippen LogP contribution in [0.2, 0.25) is 0 Å². The fourth-order valence-electron chi connectivity index (χ4n) is 2.07. The average molecular weight is 281 g/mol. The largest absolute Gasteiger partial charge is 0.241 e. The molecule has 0 saturated carbocycles. The van der Waals surface area contributed by atoms with Crippen molar-refractivity contribution in [3.05, 3.63) is 29.0 Å². The summed E-state index contributed by atoms with van der Waals surface area (Å²) in [6, 6.07) is 1.74. The summed E-state index contributed by atoms with van der Waals surface area (Å²) in [4.78, 5) is 8.47. The van der Waals surface area contributed by atoms with Gasteiger partial charge in [-0.3, -0.25) is 0 Å². The highest BCUT2D eigenvalue weighted by Crippen LogP contribution is 2.20. The highest BCUT2D eigenvalue weighted by atomic mass is 32.2. The summed E-state index contributed by atoms with van der Waals surface area (Å²) in [7, 11) is -3.80. The van der Waals surface area contributed by atoms with E-state index in [0.717, 1.165) is 5.69 Å². The molecule has 0 atom stereocenters. The van der Waals surface area contributed by atoms with E-state index >= 15 is 0 Å². The molecule has 7 nitrogen and oxygen atoms in total. The second-order valence-corrected chi connectivity index (χ2v) is 5.87. The van der Waals surface area contributed by atoms with Gasteiger partial charge in [0.1, 0.15) is 10.7 Å². The average Bonchev–Trinajstić information content (AvgIpc) is 2.51. The Morgan fingerprint density at radius 2 is 1.79 bits per heavy atom. The number of rotatable bonds is 2. The van der Waals surface area contributed by atoms with Crippen LogP contribution in [0.1, 0.15) is 22.9 Å². The predicted molar refractivity (Wildman–Crippen MR) is 69.5 cm³/mol. The summed E-state index contributed by atoms with van der Waals surface area (Å²) in [6.07, 6.45) is 0. The first kappa shape index (κ1) is 13.6. The Hall–Kier alpha value is -1.80. The minimum Gasteiger partial charge on any atom is -0.238 e. The van der Waals surface area contributed by atoms with Gasteiger partial charge in [0.05, 0.1) is 11.4 Å². The molecule has 102 valence electrons. The summed E-state index contributed by atoms with van der Waals surface area (Å²) in [5.74, 6) is 1.13. The molecule has 0 fully saturated rings. The second kappa shape index (κ2) is 4.39. The molecule has 0 amide bonds. The molecule has 2 N–H and O–H groups in total. The minimum absolute atomic E-state index is 0.0430. The number of hydrogen-bond donors (Lipinski definition) is 1. The van der Waals surface area contributed by atoms with Crippen molar-refractivity contribution < 1.29 is 8.42 Å². The van der Waals surface area contributed by atoms with E-state index in [1.807, 2.05) is 6.92 Å². The highest BCUT2D eigenvalue weighted by molar-refractivity contribution is 7.89.